The Kier molecular flexibility index (Phi) is 3.52. The normalized spacial score (nSPS) is 16.6. The van der Waals surface area contributed by atoms with E-state index in [1.165, 1.54) is 12.4 Å². The summed E-state index contributed by atoms with van der Waals surface area (Å²) in [4.78, 5) is 20.0. The van der Waals surface area contributed by atoms with E-state index in [0.717, 1.165) is 11.3 Å². The van der Waals surface area contributed by atoms with Crippen LogP contribution in [0, 0.1) is 0 Å². The molecule has 1 aromatic heterocycles. The third-order valence-corrected chi connectivity index (χ3v) is 3.44. The van der Waals surface area contributed by atoms with E-state index >= 15 is 0 Å². The predicted molar refractivity (Wildman–Crippen MR) is 78.0 cm³/mol. The van der Waals surface area contributed by atoms with Gasteiger partial charge in [0.05, 0.1) is 23.3 Å². The van der Waals surface area contributed by atoms with Gasteiger partial charge >= 0.3 is 0 Å². The van der Waals surface area contributed by atoms with Crippen molar-refractivity contribution < 1.29 is 4.79 Å². The van der Waals surface area contributed by atoms with Gasteiger partial charge in [-0.05, 0) is 18.1 Å². The molecule has 1 aliphatic rings. The maximum absolute atomic E-state index is 11.9. The summed E-state index contributed by atoms with van der Waals surface area (Å²) in [5, 5.41) is 6.48. The lowest BCUT2D eigenvalue weighted by molar-refractivity contribution is -0.117. The molecule has 1 atom stereocenters. The number of anilines is 2. The van der Waals surface area contributed by atoms with Gasteiger partial charge in [-0.15, -0.1) is 0 Å². The lowest BCUT2D eigenvalue weighted by Gasteiger charge is -2.09. The maximum atomic E-state index is 11.9. The zero-order valence-electron chi connectivity index (χ0n) is 10.6. The van der Waals surface area contributed by atoms with Crippen LogP contribution < -0.4 is 10.6 Å². The predicted octanol–water partition coefficient (Wildman–Crippen LogP) is 2.67. The first-order valence-electron chi connectivity index (χ1n) is 6.35. The first kappa shape index (κ1) is 12.9. The molecule has 2 aromatic rings. The van der Waals surface area contributed by atoms with Crippen molar-refractivity contribution in [2.24, 2.45) is 0 Å². The number of carbonyl (C=O) groups is 1. The Balaban J connectivity index is 1.61. The minimum absolute atomic E-state index is 0.0463. The Morgan fingerprint density at radius 3 is 2.80 bits per heavy atom. The van der Waals surface area contributed by atoms with Crippen molar-refractivity contribution in [1.29, 1.82) is 0 Å². The van der Waals surface area contributed by atoms with Crippen LogP contribution in [0.15, 0.2) is 36.7 Å². The Labute approximate surface area is 121 Å². The molecule has 0 radical (unpaired) electrons. The number of benzene rings is 1. The molecule has 0 unspecified atom stereocenters. The molecule has 0 aliphatic carbocycles. The van der Waals surface area contributed by atoms with Gasteiger partial charge in [-0.2, -0.15) is 0 Å². The molecule has 5 nitrogen and oxygen atoms in total. The van der Waals surface area contributed by atoms with Crippen molar-refractivity contribution in [3.05, 3.63) is 47.2 Å². The molecule has 20 heavy (non-hydrogen) atoms. The van der Waals surface area contributed by atoms with Gasteiger partial charge in [-0.1, -0.05) is 29.8 Å². The van der Waals surface area contributed by atoms with Crippen LogP contribution in [-0.2, 0) is 4.79 Å². The summed E-state index contributed by atoms with van der Waals surface area (Å²) in [6.07, 6.45) is 3.76. The van der Waals surface area contributed by atoms with Crippen LogP contribution in [0.3, 0.4) is 0 Å². The second kappa shape index (κ2) is 5.46. The largest absolute Gasteiger partial charge is 0.354 e. The van der Waals surface area contributed by atoms with E-state index in [0.29, 0.717) is 23.9 Å². The summed E-state index contributed by atoms with van der Waals surface area (Å²) in [6, 6.07) is 7.77. The highest BCUT2D eigenvalue weighted by molar-refractivity contribution is 6.30. The molecule has 1 amide bonds. The van der Waals surface area contributed by atoms with E-state index < -0.39 is 0 Å². The topological polar surface area (TPSA) is 66.9 Å². The molecule has 1 aliphatic heterocycles. The van der Waals surface area contributed by atoms with Crippen molar-refractivity contribution in [2.45, 2.75) is 12.3 Å². The molecule has 0 fully saturated rings. The van der Waals surface area contributed by atoms with Crippen molar-refractivity contribution in [3.8, 4) is 0 Å². The number of hydrogen-bond acceptors (Lipinski definition) is 4. The number of nitrogens with zero attached hydrogens (tertiary/aromatic N) is 2. The van der Waals surface area contributed by atoms with E-state index in [4.69, 9.17) is 11.6 Å². The van der Waals surface area contributed by atoms with Crippen molar-refractivity contribution in [1.82, 2.24) is 9.97 Å². The van der Waals surface area contributed by atoms with E-state index in [9.17, 15) is 4.79 Å². The Bertz CT molecular complexity index is 629. The molecule has 1 aromatic carbocycles. The number of carbonyl (C=O) groups excluding carboxylic acids is 1. The molecular weight excluding hydrogens is 276 g/mol. The maximum Gasteiger partial charge on any atom is 0.232 e. The Hall–Kier alpha value is -2.14. The first-order chi connectivity index (χ1) is 9.74. The van der Waals surface area contributed by atoms with Gasteiger partial charge in [0.25, 0.3) is 0 Å². The van der Waals surface area contributed by atoms with Crippen molar-refractivity contribution in [2.75, 3.05) is 17.2 Å². The smallest absolute Gasteiger partial charge is 0.232 e. The summed E-state index contributed by atoms with van der Waals surface area (Å²) in [6.45, 7) is 0.619. The quantitative estimate of drug-likeness (QED) is 0.908. The van der Waals surface area contributed by atoms with Gasteiger partial charge in [-0.3, -0.25) is 4.79 Å². The lowest BCUT2D eigenvalue weighted by atomic mass is 9.97. The summed E-state index contributed by atoms with van der Waals surface area (Å²) < 4.78 is 0. The monoisotopic (exact) mass is 288 g/mol. The third kappa shape index (κ3) is 2.58. The molecule has 102 valence electrons. The van der Waals surface area contributed by atoms with Crippen molar-refractivity contribution >= 4 is 29.1 Å². The molecule has 0 saturated carbocycles. The van der Waals surface area contributed by atoms with Gasteiger partial charge in [-0.25, -0.2) is 9.97 Å². The number of fused-ring (bicyclic) bond motifs is 1. The molecule has 0 spiro atoms. The van der Waals surface area contributed by atoms with Gasteiger partial charge in [0.2, 0.25) is 11.9 Å². The fourth-order valence-electron chi connectivity index (χ4n) is 2.29. The number of hydrogen-bond donors (Lipinski definition) is 2. The van der Waals surface area contributed by atoms with Crippen LogP contribution in [0.5, 0.6) is 0 Å². The van der Waals surface area contributed by atoms with E-state index in [1.54, 1.807) is 0 Å². The highest BCUT2D eigenvalue weighted by atomic mass is 35.5. The molecule has 0 bridgehead atoms. The van der Waals surface area contributed by atoms with Crippen LogP contribution in [-0.4, -0.2) is 22.4 Å². The van der Waals surface area contributed by atoms with Crippen LogP contribution in [0.1, 0.15) is 17.9 Å². The average molecular weight is 289 g/mol. The number of rotatable bonds is 4. The van der Waals surface area contributed by atoms with Gasteiger partial charge in [0, 0.05) is 12.2 Å². The average Bonchev–Trinajstić information content (AvgIpc) is 2.77. The molecule has 3 rings (SSSR count). The summed E-state index contributed by atoms with van der Waals surface area (Å²) >= 11 is 5.72. The molecule has 0 saturated heterocycles. The Morgan fingerprint density at radius 1 is 1.25 bits per heavy atom. The molecule has 2 heterocycles. The molecule has 6 heteroatoms. The van der Waals surface area contributed by atoms with E-state index in [1.807, 2.05) is 24.3 Å². The third-order valence-electron chi connectivity index (χ3n) is 3.25. The standard InChI is InChI=1S/C14H13ClN4O/c15-9-7-17-14(18-8-9)16-6-5-11-10-3-1-2-4-12(10)19-13(11)20/h1-4,7-8,11H,5-6H2,(H,19,20)(H,16,17,18)/t11-/m1/s1. The minimum Gasteiger partial charge on any atom is -0.354 e. The second-order valence-electron chi connectivity index (χ2n) is 4.57. The number of nitrogens with one attached hydrogen (secondary N) is 2. The SMILES string of the molecule is O=C1Nc2ccccc2[C@H]1CCNc1ncc(Cl)cn1. The fraction of sp³-hybridized carbons (Fsp3) is 0.214. The van der Waals surface area contributed by atoms with Crippen LogP contribution >= 0.6 is 11.6 Å². The highest BCUT2D eigenvalue weighted by Gasteiger charge is 2.29. The summed E-state index contributed by atoms with van der Waals surface area (Å²) in [5.41, 5.74) is 1.96. The number of halogens is 1. The molecule has 2 N–H and O–H groups in total. The summed E-state index contributed by atoms with van der Waals surface area (Å²) in [5.74, 6) is 0.442. The summed E-state index contributed by atoms with van der Waals surface area (Å²) in [7, 11) is 0. The van der Waals surface area contributed by atoms with Gasteiger partial charge in [0.1, 0.15) is 0 Å². The first-order valence-corrected chi connectivity index (χ1v) is 6.73. The fourth-order valence-corrected chi connectivity index (χ4v) is 2.39. The lowest BCUT2D eigenvalue weighted by Crippen LogP contribution is -2.16. The molecular formula is C14H13ClN4O. The zero-order valence-corrected chi connectivity index (χ0v) is 11.4. The zero-order chi connectivity index (χ0) is 13.9. The van der Waals surface area contributed by atoms with Crippen LogP contribution in [0.4, 0.5) is 11.6 Å². The van der Waals surface area contributed by atoms with Crippen LogP contribution in [0.2, 0.25) is 5.02 Å². The number of para-hydroxylation sites is 1. The minimum atomic E-state index is -0.119. The van der Waals surface area contributed by atoms with Gasteiger partial charge in [0.15, 0.2) is 0 Å². The Morgan fingerprint density at radius 2 is 2.00 bits per heavy atom. The second-order valence-corrected chi connectivity index (χ2v) is 5.01. The van der Waals surface area contributed by atoms with Crippen LogP contribution in [0.25, 0.3) is 0 Å². The van der Waals surface area contributed by atoms with Crippen molar-refractivity contribution in [3.63, 3.8) is 0 Å². The van der Waals surface area contributed by atoms with E-state index in [-0.39, 0.29) is 11.8 Å². The number of amides is 1. The van der Waals surface area contributed by atoms with Gasteiger partial charge < -0.3 is 10.6 Å². The highest BCUT2D eigenvalue weighted by Crippen LogP contribution is 2.34. The van der Waals surface area contributed by atoms with E-state index in [2.05, 4.69) is 20.6 Å². The number of aromatic nitrogens is 2.